The molecule has 4 heterocycles. The highest BCUT2D eigenvalue weighted by atomic mass is 35.5. The number of aromatic nitrogens is 6. The second-order valence-electron chi connectivity index (χ2n) is 22.7. The van der Waals surface area contributed by atoms with Gasteiger partial charge in [0.05, 0.1) is 40.7 Å². The largest absolute Gasteiger partial charge is 0.488 e. The van der Waals surface area contributed by atoms with Crippen LogP contribution in [-0.4, -0.2) is 72.9 Å². The molecule has 0 saturated heterocycles. The number of benzene rings is 6. The summed E-state index contributed by atoms with van der Waals surface area (Å²) in [5.74, 6) is 2.65. The lowest BCUT2D eigenvalue weighted by Crippen LogP contribution is -2.25. The van der Waals surface area contributed by atoms with Gasteiger partial charge in [0.2, 0.25) is 11.8 Å². The molecule has 10 rings (SSSR count). The molecule has 4 aromatic heterocycles. The molecule has 20 heteroatoms. The molecule has 0 aliphatic rings. The van der Waals surface area contributed by atoms with Crippen LogP contribution >= 0.6 is 11.6 Å². The number of carbonyl (C=O) groups excluding carboxylic acids is 4. The second-order valence-corrected chi connectivity index (χ2v) is 23.0. The van der Waals surface area contributed by atoms with Crippen molar-refractivity contribution >= 4 is 91.7 Å². The number of rotatable bonds is 17. The minimum atomic E-state index is -0.393. The van der Waals surface area contributed by atoms with Gasteiger partial charge in [-0.25, -0.2) is 28.9 Å². The van der Waals surface area contributed by atoms with E-state index < -0.39 is 6.03 Å². The lowest BCUT2D eigenvalue weighted by molar-refractivity contribution is -0.115. The third-order valence-electron chi connectivity index (χ3n) is 13.7. The zero-order chi connectivity index (χ0) is 61.8. The van der Waals surface area contributed by atoms with Crippen LogP contribution in [0.25, 0.3) is 32.9 Å². The van der Waals surface area contributed by atoms with Crippen LogP contribution in [0.3, 0.4) is 0 Å². The molecule has 0 aliphatic carbocycles. The average Bonchev–Trinajstić information content (AvgIpc) is 3.33. The van der Waals surface area contributed by atoms with Crippen molar-refractivity contribution in [1.82, 2.24) is 34.8 Å². The summed E-state index contributed by atoms with van der Waals surface area (Å²) in [5, 5.41) is 33.1. The summed E-state index contributed by atoms with van der Waals surface area (Å²) in [6.07, 6.45) is 3.23. The van der Waals surface area contributed by atoms with Crippen LogP contribution in [0.4, 0.5) is 44.2 Å². The Balaban J connectivity index is 0.000000208. The Morgan fingerprint density at radius 1 is 0.483 bits per heavy atom. The van der Waals surface area contributed by atoms with E-state index in [1.807, 2.05) is 159 Å². The fraction of sp³-hybridized carbons (Fsp3) is 0.224. The number of nitrogens with one attached hydrogen (secondary N) is 7. The van der Waals surface area contributed by atoms with Crippen LogP contribution in [0.5, 0.6) is 11.5 Å². The van der Waals surface area contributed by atoms with E-state index in [-0.39, 0.29) is 54.3 Å². The molecule has 0 spiro atoms. The number of halogens is 1. The van der Waals surface area contributed by atoms with Gasteiger partial charge in [-0.3, -0.25) is 20.2 Å². The SMILES string of the molecule is CNCC(=O)Nc1cc(COc2ccc(NC(=O)Nc3cc(C(C)(C)C)nn3-c3ccc(C)cc3)c3ccccc23)ccn1.Cc1ccc(-n2nc(C(C)(C)C)cc2NC(=O)Nc2ccc(OCc3ccnc(NC(=O)CCl)c3)c3ccccc23)cc1. The van der Waals surface area contributed by atoms with E-state index in [9.17, 15) is 19.2 Å². The molecule has 0 fully saturated rings. The van der Waals surface area contributed by atoms with Crippen molar-refractivity contribution in [2.45, 2.75) is 79.4 Å². The number of ether oxygens (including phenoxy) is 2. The number of aryl methyl sites for hydroxylation is 2. The Kier molecular flexibility index (Phi) is 19.3. The molecule has 6 amide bonds. The minimum absolute atomic E-state index is 0.152. The van der Waals surface area contributed by atoms with Crippen molar-refractivity contribution in [3.8, 4) is 22.9 Å². The lowest BCUT2D eigenvalue weighted by atomic mass is 9.92. The number of likely N-dealkylation sites (N-methyl/N-ethyl adjacent to an activating group) is 1. The maximum absolute atomic E-state index is 13.3. The monoisotopic (exact) mass is 1190 g/mol. The Morgan fingerprint density at radius 2 is 0.885 bits per heavy atom. The van der Waals surface area contributed by atoms with Gasteiger partial charge in [-0.1, -0.05) is 125 Å². The van der Waals surface area contributed by atoms with Gasteiger partial charge in [-0.15, -0.1) is 11.6 Å². The summed E-state index contributed by atoms with van der Waals surface area (Å²) in [5.41, 5.74) is 8.26. The topological polar surface area (TPSA) is 232 Å². The van der Waals surface area contributed by atoms with Crippen molar-refractivity contribution in [2.75, 3.05) is 51.4 Å². The van der Waals surface area contributed by atoms with Gasteiger partial charge < -0.3 is 36.1 Å². The number of anilines is 6. The number of fused-ring (bicyclic) bond motifs is 2. The van der Waals surface area contributed by atoms with Gasteiger partial charge in [0.25, 0.3) is 0 Å². The number of pyridine rings is 2. The molecular formula is C67H70ClN13O6. The molecule has 87 heavy (non-hydrogen) atoms. The highest BCUT2D eigenvalue weighted by Gasteiger charge is 2.24. The van der Waals surface area contributed by atoms with Crippen molar-refractivity contribution in [1.29, 1.82) is 0 Å². The molecule has 0 radical (unpaired) electrons. The summed E-state index contributed by atoms with van der Waals surface area (Å²) in [6, 6.07) is 48.9. The molecule has 10 aromatic rings. The first-order chi connectivity index (χ1) is 41.7. The Labute approximate surface area is 510 Å². The maximum atomic E-state index is 13.3. The number of hydrogen-bond acceptors (Lipinski definition) is 11. The van der Waals surface area contributed by atoms with Gasteiger partial charge >= 0.3 is 12.1 Å². The fourth-order valence-electron chi connectivity index (χ4n) is 9.10. The van der Waals surface area contributed by atoms with Gasteiger partial charge in [-0.2, -0.15) is 10.2 Å². The fourth-order valence-corrected chi connectivity index (χ4v) is 9.17. The molecule has 0 saturated carbocycles. The van der Waals surface area contributed by atoms with Gasteiger partial charge in [-0.05, 0) is 105 Å². The summed E-state index contributed by atoms with van der Waals surface area (Å²) in [6.45, 7) is 17.3. The molecule has 446 valence electrons. The zero-order valence-corrected chi connectivity index (χ0v) is 50.8. The molecule has 7 N–H and O–H groups in total. The first kappa shape index (κ1) is 61.5. The predicted molar refractivity (Wildman–Crippen MR) is 346 cm³/mol. The van der Waals surface area contributed by atoms with Crippen molar-refractivity contribution in [3.63, 3.8) is 0 Å². The van der Waals surface area contributed by atoms with Crippen LogP contribution in [0.2, 0.25) is 0 Å². The summed E-state index contributed by atoms with van der Waals surface area (Å²) >= 11 is 5.58. The number of alkyl halides is 1. The average molecular weight is 1190 g/mol. The number of nitrogens with zero attached hydrogens (tertiary/aromatic N) is 6. The molecule has 0 aliphatic heterocycles. The molecule has 0 bridgehead atoms. The highest BCUT2D eigenvalue weighted by molar-refractivity contribution is 6.29. The van der Waals surface area contributed by atoms with Crippen LogP contribution in [-0.2, 0) is 33.6 Å². The third kappa shape index (κ3) is 16.0. The summed E-state index contributed by atoms with van der Waals surface area (Å²) in [7, 11) is 1.71. The summed E-state index contributed by atoms with van der Waals surface area (Å²) < 4.78 is 15.8. The Bertz CT molecular complexity index is 4090. The highest BCUT2D eigenvalue weighted by Crippen LogP contribution is 2.35. The normalized spacial score (nSPS) is 11.3. The first-order valence-electron chi connectivity index (χ1n) is 28.2. The number of carbonyl (C=O) groups is 4. The maximum Gasteiger partial charge on any atom is 0.324 e. The minimum Gasteiger partial charge on any atom is -0.488 e. The van der Waals surface area contributed by atoms with Crippen molar-refractivity contribution < 1.29 is 28.7 Å². The number of urea groups is 2. The predicted octanol–water partition coefficient (Wildman–Crippen LogP) is 13.8. The van der Waals surface area contributed by atoms with E-state index in [4.69, 9.17) is 31.3 Å². The molecule has 0 atom stereocenters. The van der Waals surface area contributed by atoms with Crippen LogP contribution < -0.4 is 46.7 Å². The van der Waals surface area contributed by atoms with Gasteiger partial charge in [0.1, 0.15) is 53.9 Å². The molecule has 19 nitrogen and oxygen atoms in total. The van der Waals surface area contributed by atoms with E-state index in [1.165, 1.54) is 0 Å². The lowest BCUT2D eigenvalue weighted by Gasteiger charge is -2.15. The van der Waals surface area contributed by atoms with E-state index in [0.29, 0.717) is 46.1 Å². The first-order valence-corrected chi connectivity index (χ1v) is 28.7. The smallest absolute Gasteiger partial charge is 0.324 e. The Morgan fingerprint density at radius 3 is 1.28 bits per heavy atom. The van der Waals surface area contributed by atoms with Crippen molar-refractivity contribution in [2.24, 2.45) is 0 Å². The second kappa shape index (κ2) is 27.3. The Hall–Kier alpha value is -10.1. The van der Waals surface area contributed by atoms with Crippen LogP contribution in [0.15, 0.2) is 170 Å². The number of amides is 6. The van der Waals surface area contributed by atoms with E-state index in [0.717, 1.165) is 66.6 Å². The molecule has 6 aromatic carbocycles. The quantitative estimate of drug-likeness (QED) is 0.0424. The standard InChI is InChI=1S/C34H37N7O3.C33H33ClN6O3/c1-22-10-12-24(13-11-22)41-31(19-29(40-41)34(2,3)4)39-33(43)37-27-14-15-28(26-9-7-6-8-25(26)27)44-21-23-16-17-36-30(18-23)38-32(42)20-35-5;1-21-9-11-23(12-10-21)40-30(18-28(39-40)33(2,3)4)38-32(42)36-26-13-14-27(25-8-6-5-7-24(25)26)43-20-22-15-16-35-29(17-22)37-31(41)19-34/h6-19,35H,20-21H2,1-5H3,(H,36,38,42)(H2,37,39,43);5-18H,19-20H2,1-4H3,(H,35,37,41)(H2,36,38,42). The third-order valence-corrected chi connectivity index (χ3v) is 13.9. The van der Waals surface area contributed by atoms with Gasteiger partial charge in [0, 0.05) is 56.9 Å². The van der Waals surface area contributed by atoms with Crippen LogP contribution in [0, 0.1) is 13.8 Å². The van der Waals surface area contributed by atoms with E-state index in [2.05, 4.69) is 88.7 Å². The van der Waals surface area contributed by atoms with E-state index in [1.54, 1.807) is 40.9 Å². The summed E-state index contributed by atoms with van der Waals surface area (Å²) in [4.78, 5) is 58.5. The zero-order valence-electron chi connectivity index (χ0n) is 50.0. The molecular weight excluding hydrogens is 1120 g/mol. The van der Waals surface area contributed by atoms with Gasteiger partial charge in [0.15, 0.2) is 0 Å². The van der Waals surface area contributed by atoms with E-state index >= 15 is 0 Å². The van der Waals surface area contributed by atoms with Crippen molar-refractivity contribution in [3.05, 3.63) is 204 Å². The van der Waals surface area contributed by atoms with Crippen LogP contribution in [0.1, 0.15) is 75.2 Å². The molecule has 0 unspecified atom stereocenters. The number of hydrogen-bond donors (Lipinski definition) is 7.